The Morgan fingerprint density at radius 1 is 1.43 bits per heavy atom. The van der Waals surface area contributed by atoms with Crippen molar-refractivity contribution < 1.29 is 9.53 Å². The highest BCUT2D eigenvalue weighted by atomic mass is 16.5. The molecule has 0 aliphatic carbocycles. The molecule has 1 saturated heterocycles. The van der Waals surface area contributed by atoms with Gasteiger partial charge in [0, 0.05) is 31.7 Å². The second kappa shape index (κ2) is 5.61. The average Bonchev–Trinajstić information content (AvgIpc) is 3.07. The normalized spacial score (nSPS) is 21.4. The summed E-state index contributed by atoms with van der Waals surface area (Å²) in [5.74, 6) is -0.0907. The first-order valence-electron chi connectivity index (χ1n) is 6.85. The Balaban J connectivity index is 1.75. The highest BCUT2D eigenvalue weighted by Crippen LogP contribution is 2.28. The summed E-state index contributed by atoms with van der Waals surface area (Å²) in [4.78, 5) is 20.4. The van der Waals surface area contributed by atoms with E-state index in [9.17, 15) is 4.79 Å². The van der Waals surface area contributed by atoms with Gasteiger partial charge in [-0.15, -0.1) is 0 Å². The van der Waals surface area contributed by atoms with Crippen LogP contribution in [0.4, 0.5) is 0 Å². The van der Waals surface area contributed by atoms with E-state index in [-0.39, 0.29) is 23.9 Å². The lowest BCUT2D eigenvalue weighted by molar-refractivity contribution is 0.0786. The Morgan fingerprint density at radius 2 is 2.29 bits per heavy atom. The van der Waals surface area contributed by atoms with Crippen molar-refractivity contribution in [3.63, 3.8) is 0 Å². The topological polar surface area (TPSA) is 81.9 Å². The smallest absolute Gasteiger partial charge is 0.289 e. The molecule has 3 heterocycles. The average molecular weight is 287 g/mol. The molecular weight excluding hydrogens is 270 g/mol. The molecule has 0 bridgehead atoms. The highest BCUT2D eigenvalue weighted by Gasteiger charge is 2.33. The summed E-state index contributed by atoms with van der Waals surface area (Å²) in [5.41, 5.74) is 1.71. The molecule has 2 atom stereocenters. The van der Waals surface area contributed by atoms with E-state index in [2.05, 4.69) is 20.4 Å². The minimum atomic E-state index is -0.277. The van der Waals surface area contributed by atoms with E-state index in [1.54, 1.807) is 23.1 Å². The predicted octanol–water partition coefficient (Wildman–Crippen LogP) is 0.779. The second-order valence-electron chi connectivity index (χ2n) is 5.06. The third-order valence-electron chi connectivity index (χ3n) is 3.56. The second-order valence-corrected chi connectivity index (χ2v) is 5.06. The van der Waals surface area contributed by atoms with Crippen molar-refractivity contribution in [1.29, 1.82) is 0 Å². The molecular formula is C14H17N5O2. The first-order valence-corrected chi connectivity index (χ1v) is 6.85. The van der Waals surface area contributed by atoms with Gasteiger partial charge in [0.2, 0.25) is 5.82 Å². The number of amides is 1. The zero-order valence-corrected chi connectivity index (χ0v) is 12.0. The van der Waals surface area contributed by atoms with E-state index >= 15 is 0 Å². The fourth-order valence-electron chi connectivity index (χ4n) is 2.48. The van der Waals surface area contributed by atoms with Crippen LogP contribution >= 0.6 is 0 Å². The molecule has 110 valence electrons. The van der Waals surface area contributed by atoms with Crippen LogP contribution in [-0.4, -0.2) is 38.3 Å². The van der Waals surface area contributed by atoms with E-state index < -0.39 is 0 Å². The van der Waals surface area contributed by atoms with Gasteiger partial charge in [-0.3, -0.25) is 9.48 Å². The number of carbonyl (C=O) groups excluding carboxylic acids is 1. The number of nitrogens with one attached hydrogen (secondary N) is 1. The minimum absolute atomic E-state index is 0.1000. The van der Waals surface area contributed by atoms with Crippen molar-refractivity contribution in [2.45, 2.75) is 25.5 Å². The Morgan fingerprint density at radius 3 is 3.00 bits per heavy atom. The molecule has 1 aliphatic heterocycles. The van der Waals surface area contributed by atoms with Gasteiger partial charge in [-0.05, 0) is 25.5 Å². The monoisotopic (exact) mass is 287 g/mol. The van der Waals surface area contributed by atoms with Crippen LogP contribution in [0.5, 0.6) is 0 Å². The first kappa shape index (κ1) is 13.7. The zero-order chi connectivity index (χ0) is 14.8. The quantitative estimate of drug-likeness (QED) is 0.902. The summed E-state index contributed by atoms with van der Waals surface area (Å²) >= 11 is 0. The third kappa shape index (κ3) is 2.78. The van der Waals surface area contributed by atoms with Gasteiger partial charge in [0.15, 0.2) is 0 Å². The maximum Gasteiger partial charge on any atom is 0.289 e. The lowest BCUT2D eigenvalue weighted by Gasteiger charge is -2.19. The number of ether oxygens (including phenoxy) is 1. The molecule has 2 aromatic rings. The zero-order valence-electron chi connectivity index (χ0n) is 12.0. The molecule has 0 radical (unpaired) electrons. The van der Waals surface area contributed by atoms with E-state index in [4.69, 9.17) is 4.74 Å². The molecule has 0 spiro atoms. The number of carbonyl (C=O) groups is 1. The Bertz CT molecular complexity index is 654. The largest absolute Gasteiger partial charge is 0.370 e. The lowest BCUT2D eigenvalue weighted by atomic mass is 10.1. The van der Waals surface area contributed by atoms with Gasteiger partial charge in [0.1, 0.15) is 6.10 Å². The molecule has 21 heavy (non-hydrogen) atoms. The molecule has 7 nitrogen and oxygen atoms in total. The number of aryl methyl sites for hydroxylation is 2. The molecule has 0 aromatic carbocycles. The predicted molar refractivity (Wildman–Crippen MR) is 74.5 cm³/mol. The molecule has 1 amide bonds. The molecule has 0 saturated carbocycles. The molecule has 2 aromatic heterocycles. The van der Waals surface area contributed by atoms with Crippen LogP contribution in [0.1, 0.15) is 34.5 Å². The SMILES string of the molecule is Cc1ccnc(C(=O)N[C@H]2CCO[C@@H]2c2ccnn2C)n1. The van der Waals surface area contributed by atoms with Crippen LogP contribution in [-0.2, 0) is 11.8 Å². The Kier molecular flexibility index (Phi) is 3.66. The summed E-state index contributed by atoms with van der Waals surface area (Å²) in [7, 11) is 1.86. The van der Waals surface area contributed by atoms with E-state index in [1.165, 1.54) is 0 Å². The van der Waals surface area contributed by atoms with Crippen LogP contribution in [0.2, 0.25) is 0 Å². The fourth-order valence-corrected chi connectivity index (χ4v) is 2.48. The van der Waals surface area contributed by atoms with Crippen molar-refractivity contribution in [3.8, 4) is 0 Å². The maximum atomic E-state index is 12.2. The van der Waals surface area contributed by atoms with Gasteiger partial charge in [-0.2, -0.15) is 5.10 Å². The number of hydrogen-bond acceptors (Lipinski definition) is 5. The van der Waals surface area contributed by atoms with Crippen molar-refractivity contribution in [2.24, 2.45) is 7.05 Å². The number of rotatable bonds is 3. The first-order chi connectivity index (χ1) is 10.1. The molecule has 1 fully saturated rings. The van der Waals surface area contributed by atoms with Gasteiger partial charge >= 0.3 is 0 Å². The molecule has 7 heteroatoms. The van der Waals surface area contributed by atoms with Crippen molar-refractivity contribution in [2.75, 3.05) is 6.61 Å². The van der Waals surface area contributed by atoms with Gasteiger partial charge in [-0.25, -0.2) is 9.97 Å². The molecule has 0 unspecified atom stereocenters. The number of hydrogen-bond donors (Lipinski definition) is 1. The summed E-state index contributed by atoms with van der Waals surface area (Å²) in [6.45, 7) is 2.44. The van der Waals surface area contributed by atoms with Gasteiger partial charge in [-0.1, -0.05) is 0 Å². The van der Waals surface area contributed by atoms with Crippen LogP contribution in [0.15, 0.2) is 24.5 Å². The van der Waals surface area contributed by atoms with Gasteiger partial charge in [0.05, 0.1) is 11.7 Å². The Labute approximate surface area is 122 Å². The number of nitrogens with zero attached hydrogens (tertiary/aromatic N) is 4. The standard InChI is InChI=1S/C14H17N5O2/c1-9-3-6-15-13(17-9)14(20)18-10-5-8-21-12(10)11-4-7-16-19(11)2/h3-4,6-7,10,12H,5,8H2,1-2H3,(H,18,20)/t10-,12-/m0/s1. The van der Waals surface area contributed by atoms with Gasteiger partial charge in [0.25, 0.3) is 5.91 Å². The minimum Gasteiger partial charge on any atom is -0.370 e. The van der Waals surface area contributed by atoms with Crippen molar-refractivity contribution in [3.05, 3.63) is 41.7 Å². The van der Waals surface area contributed by atoms with E-state index in [0.717, 1.165) is 17.8 Å². The third-order valence-corrected chi connectivity index (χ3v) is 3.56. The lowest BCUT2D eigenvalue weighted by Crippen LogP contribution is -2.38. The summed E-state index contributed by atoms with van der Waals surface area (Å²) in [5, 5.41) is 7.10. The Hall–Kier alpha value is -2.28. The fraction of sp³-hybridized carbons (Fsp3) is 0.429. The number of aromatic nitrogens is 4. The highest BCUT2D eigenvalue weighted by molar-refractivity contribution is 5.90. The summed E-state index contributed by atoms with van der Waals surface area (Å²) in [6.07, 6.45) is 3.87. The maximum absolute atomic E-state index is 12.2. The summed E-state index contributed by atoms with van der Waals surface area (Å²) < 4.78 is 7.50. The van der Waals surface area contributed by atoms with Crippen LogP contribution in [0.25, 0.3) is 0 Å². The van der Waals surface area contributed by atoms with Gasteiger partial charge < -0.3 is 10.1 Å². The van der Waals surface area contributed by atoms with Crippen LogP contribution in [0.3, 0.4) is 0 Å². The molecule has 1 aliphatic rings. The van der Waals surface area contributed by atoms with E-state index in [0.29, 0.717) is 6.61 Å². The van der Waals surface area contributed by atoms with Crippen molar-refractivity contribution in [1.82, 2.24) is 25.1 Å². The summed E-state index contributed by atoms with van der Waals surface area (Å²) in [6, 6.07) is 3.56. The molecule has 1 N–H and O–H groups in total. The molecule has 3 rings (SSSR count). The van der Waals surface area contributed by atoms with E-state index in [1.807, 2.05) is 20.0 Å². The van der Waals surface area contributed by atoms with Crippen molar-refractivity contribution >= 4 is 5.91 Å². The van der Waals surface area contributed by atoms with Crippen LogP contribution < -0.4 is 5.32 Å². The van der Waals surface area contributed by atoms with Crippen LogP contribution in [0, 0.1) is 6.92 Å².